The van der Waals surface area contributed by atoms with E-state index in [9.17, 15) is 62.6 Å². The van der Waals surface area contributed by atoms with Crippen LogP contribution in [0.2, 0.25) is 0 Å². The highest BCUT2D eigenvalue weighted by Crippen LogP contribution is 2.38. The summed E-state index contributed by atoms with van der Waals surface area (Å²) in [7, 11) is -5.32. The van der Waals surface area contributed by atoms with Crippen LogP contribution in [-0.4, -0.2) is 141 Å². The molecule has 6 amide bonds. The monoisotopic (exact) mass is 856 g/mol. The number of unbranched alkanes of at least 4 members (excludes halogenated alkanes) is 1. The van der Waals surface area contributed by atoms with Gasteiger partial charge in [-0.2, -0.15) is 0 Å². The quantitative estimate of drug-likeness (QED) is 0.0248. The van der Waals surface area contributed by atoms with Gasteiger partial charge in [-0.3, -0.25) is 42.9 Å². The van der Waals surface area contributed by atoms with Crippen molar-refractivity contribution in [2.75, 3.05) is 19.6 Å². The largest absolute Gasteiger partial charge is 0.481 e. The number of benzene rings is 1. The molecule has 1 saturated heterocycles. The molecule has 7 atom stereocenters. The van der Waals surface area contributed by atoms with Gasteiger partial charge in [0.2, 0.25) is 35.4 Å². The van der Waals surface area contributed by atoms with E-state index in [0.717, 1.165) is 17.4 Å². The Labute approximate surface area is 338 Å². The molecule has 1 aromatic carbocycles. The lowest BCUT2D eigenvalue weighted by molar-refractivity contribution is -0.141. The molecule has 2 rings (SSSR count). The minimum atomic E-state index is -5.32. The van der Waals surface area contributed by atoms with E-state index in [1.165, 1.54) is 0 Å². The number of phosphoric ester groups is 1. The van der Waals surface area contributed by atoms with Gasteiger partial charge in [0.05, 0.1) is 31.2 Å². The van der Waals surface area contributed by atoms with Crippen molar-refractivity contribution < 1.29 is 72.2 Å². The van der Waals surface area contributed by atoms with Crippen LogP contribution >= 0.6 is 7.82 Å². The summed E-state index contributed by atoms with van der Waals surface area (Å²) in [6, 6.07) is 0.159. The molecule has 0 aromatic heterocycles. The molecular weight excluding hydrogens is 803 g/mol. The Morgan fingerprint density at radius 1 is 0.898 bits per heavy atom. The number of nitrogens with two attached hydrogens (primary N) is 2. The number of carbonyl (C=O) groups is 9. The Morgan fingerprint density at radius 2 is 1.54 bits per heavy atom. The summed E-state index contributed by atoms with van der Waals surface area (Å²) in [5.74, 6) is -8.44. The summed E-state index contributed by atoms with van der Waals surface area (Å²) in [6.07, 6.45) is -2.17. The van der Waals surface area contributed by atoms with E-state index in [2.05, 4.69) is 31.1 Å². The highest BCUT2D eigenvalue weighted by molar-refractivity contribution is 7.46. The average Bonchev–Trinajstić information content (AvgIpc) is 3.66. The number of likely N-dealkylation sites (tertiary alicyclic amines) is 1. The maximum atomic E-state index is 13.7. The van der Waals surface area contributed by atoms with E-state index in [4.69, 9.17) is 16.6 Å². The molecule has 1 heterocycles. The van der Waals surface area contributed by atoms with E-state index < -0.39 is 123 Å². The molecule has 23 nitrogen and oxygen atoms in total. The molecular formula is C35H53N8O15P. The molecule has 1 fully saturated rings. The summed E-state index contributed by atoms with van der Waals surface area (Å²) < 4.78 is 16.5. The minimum absolute atomic E-state index is 0.00783. The molecule has 59 heavy (non-hydrogen) atoms. The number of nitrogens with zero attached hydrogens (tertiary/aromatic N) is 1. The number of carboxylic acids is 2. The molecule has 1 aliphatic heterocycles. The maximum Gasteiger partial charge on any atom is 0.469 e. The first-order valence-corrected chi connectivity index (χ1v) is 20.2. The van der Waals surface area contributed by atoms with Gasteiger partial charge in [-0.25, -0.2) is 4.57 Å². The lowest BCUT2D eigenvalue weighted by Crippen LogP contribution is -2.61. The van der Waals surface area contributed by atoms with Gasteiger partial charge >= 0.3 is 19.8 Å². The van der Waals surface area contributed by atoms with Crippen LogP contribution in [0.4, 0.5) is 0 Å². The van der Waals surface area contributed by atoms with Gasteiger partial charge in [0.1, 0.15) is 30.5 Å². The fraction of sp³-hybridized carbons (Fsp3) is 0.571. The fourth-order valence-corrected chi connectivity index (χ4v) is 6.61. The SMILES string of the molecule is C[C@@H](OP(=O)(O)O)[C@H](NC(=O)[C@H](CCCCN)NC(=O)[C@@H](N)Cc1ccccc1)C(=O)N[C@@H](CCC(=O)O)C(=O)NCC(=O)N1CCC[C@H]1C(=O)N[C@H](C=O)CC(=O)O. The third kappa shape index (κ3) is 18.0. The predicted octanol–water partition coefficient (Wildman–Crippen LogP) is -3.23. The molecule has 1 aromatic rings. The van der Waals surface area contributed by atoms with Crippen molar-refractivity contribution in [3.05, 3.63) is 35.9 Å². The molecule has 0 bridgehead atoms. The Bertz CT molecular complexity index is 1700. The lowest BCUT2D eigenvalue weighted by atomic mass is 10.0. The van der Waals surface area contributed by atoms with E-state index >= 15 is 0 Å². The average molecular weight is 857 g/mol. The molecule has 0 spiro atoms. The Morgan fingerprint density at radius 3 is 2.14 bits per heavy atom. The summed E-state index contributed by atoms with van der Waals surface area (Å²) in [6.45, 7) is 0.558. The van der Waals surface area contributed by atoms with Crippen LogP contribution in [0, 0.1) is 0 Å². The first-order chi connectivity index (χ1) is 27.8. The Balaban J connectivity index is 2.26. The summed E-state index contributed by atoms with van der Waals surface area (Å²) in [4.78, 5) is 134. The molecule has 0 aliphatic carbocycles. The number of aldehydes is 1. The number of hydrogen-bond donors (Lipinski definition) is 11. The zero-order valence-corrected chi connectivity index (χ0v) is 33.2. The summed E-state index contributed by atoms with van der Waals surface area (Å²) in [5.41, 5.74) is 12.4. The summed E-state index contributed by atoms with van der Waals surface area (Å²) in [5, 5.41) is 29.8. The number of carbonyl (C=O) groups excluding carboxylic acids is 7. The van der Waals surface area contributed by atoms with Crippen molar-refractivity contribution in [1.82, 2.24) is 31.5 Å². The van der Waals surface area contributed by atoms with Crippen LogP contribution in [0.25, 0.3) is 0 Å². The van der Waals surface area contributed by atoms with Crippen molar-refractivity contribution in [2.24, 2.45) is 11.5 Å². The molecule has 0 saturated carbocycles. The number of rotatable bonds is 26. The molecule has 13 N–H and O–H groups in total. The highest BCUT2D eigenvalue weighted by Gasteiger charge is 2.38. The van der Waals surface area contributed by atoms with Gasteiger partial charge in [-0.15, -0.1) is 0 Å². The van der Waals surface area contributed by atoms with Gasteiger partial charge < -0.3 is 67.7 Å². The van der Waals surface area contributed by atoms with Crippen molar-refractivity contribution in [3.63, 3.8) is 0 Å². The van der Waals surface area contributed by atoms with Crippen molar-refractivity contribution >= 4 is 61.5 Å². The second kappa shape index (κ2) is 24.6. The van der Waals surface area contributed by atoms with Crippen LogP contribution in [0.5, 0.6) is 0 Å². The van der Waals surface area contributed by atoms with Crippen LogP contribution in [0.15, 0.2) is 30.3 Å². The van der Waals surface area contributed by atoms with Crippen LogP contribution in [0.3, 0.4) is 0 Å². The first kappa shape index (κ1) is 49.8. The second-order valence-corrected chi connectivity index (χ2v) is 14.9. The van der Waals surface area contributed by atoms with Crippen molar-refractivity contribution in [3.8, 4) is 0 Å². The first-order valence-electron chi connectivity index (χ1n) is 18.7. The van der Waals surface area contributed by atoms with Crippen LogP contribution in [-0.2, 0) is 58.7 Å². The Hall–Kier alpha value is -5.32. The highest BCUT2D eigenvalue weighted by atomic mass is 31.2. The summed E-state index contributed by atoms with van der Waals surface area (Å²) >= 11 is 0. The van der Waals surface area contributed by atoms with E-state index in [-0.39, 0.29) is 38.6 Å². The second-order valence-electron chi connectivity index (χ2n) is 13.7. The molecule has 0 unspecified atom stereocenters. The van der Waals surface area contributed by atoms with Crippen LogP contribution in [0.1, 0.15) is 63.9 Å². The van der Waals surface area contributed by atoms with Gasteiger partial charge in [0.15, 0.2) is 0 Å². The molecule has 0 radical (unpaired) electrons. The maximum absolute atomic E-state index is 13.7. The third-order valence-corrected chi connectivity index (χ3v) is 9.63. The van der Waals surface area contributed by atoms with E-state index in [1.807, 2.05) is 0 Å². The van der Waals surface area contributed by atoms with Gasteiger partial charge in [-0.05, 0) is 64.0 Å². The number of nitrogens with one attached hydrogen (secondary N) is 5. The van der Waals surface area contributed by atoms with Gasteiger partial charge in [0.25, 0.3) is 0 Å². The standard InChI is InChI=1S/C35H53N8O15P/c1-20(58-59(55,56)57)30(42-33(52)24(10-5-6-14-36)40-31(50)23(37)16-21-8-3-2-4-9-21)35(54)41-25(12-13-28(46)47)32(51)38-18-27(45)43-15-7-11-26(43)34(53)39-22(19-44)17-29(48)49/h2-4,8-9,19-20,22-26,30H,5-7,10-18,36-37H2,1H3,(H,38,51)(H,39,53)(H,40,50)(H,41,54)(H,42,52)(H,46,47)(H,48,49)(H2,55,56,57)/t20-,22+,23+,24+,25+,26+,30+/m1/s1. The van der Waals surface area contributed by atoms with Crippen molar-refractivity contribution in [1.29, 1.82) is 0 Å². The zero-order chi connectivity index (χ0) is 44.3. The Kier molecular flexibility index (Phi) is 20.7. The number of phosphoric acid groups is 1. The van der Waals surface area contributed by atoms with E-state index in [1.54, 1.807) is 30.3 Å². The lowest BCUT2D eigenvalue weighted by Gasteiger charge is -2.29. The zero-order valence-electron chi connectivity index (χ0n) is 32.3. The molecule has 24 heteroatoms. The number of hydrogen-bond acceptors (Lipinski definition) is 13. The van der Waals surface area contributed by atoms with Gasteiger partial charge in [0, 0.05) is 13.0 Å². The number of amides is 6. The topological polar surface area (TPSA) is 376 Å². The normalized spacial score (nSPS) is 16.9. The smallest absolute Gasteiger partial charge is 0.469 e. The van der Waals surface area contributed by atoms with E-state index in [0.29, 0.717) is 19.3 Å². The third-order valence-electron chi connectivity index (χ3n) is 9.02. The minimum Gasteiger partial charge on any atom is -0.481 e. The fourth-order valence-electron chi connectivity index (χ4n) is 6.05. The van der Waals surface area contributed by atoms with Crippen molar-refractivity contribution in [2.45, 2.75) is 107 Å². The number of aliphatic carboxylic acids is 2. The number of carboxylic acid groups (broad SMARTS) is 2. The molecule has 328 valence electrons. The molecule has 1 aliphatic rings. The van der Waals surface area contributed by atoms with Gasteiger partial charge in [-0.1, -0.05) is 30.3 Å². The predicted molar refractivity (Wildman–Crippen MR) is 204 cm³/mol. The van der Waals surface area contributed by atoms with Crippen LogP contribution < -0.4 is 38.1 Å².